The first kappa shape index (κ1) is 11.7. The fourth-order valence-corrected chi connectivity index (χ4v) is 1.82. The summed E-state index contributed by atoms with van der Waals surface area (Å²) >= 11 is 11.4. The minimum absolute atomic E-state index is 0.0119. The number of nitrogens with zero attached hydrogens (tertiary/aromatic N) is 4. The summed E-state index contributed by atoms with van der Waals surface area (Å²) in [5.41, 5.74) is -0.428. The van der Waals surface area contributed by atoms with Gasteiger partial charge < -0.3 is 4.52 Å². The Bertz CT molecular complexity index is 648. The van der Waals surface area contributed by atoms with Gasteiger partial charge in [0.1, 0.15) is 11.6 Å². The minimum Gasteiger partial charge on any atom is -0.337 e. The van der Waals surface area contributed by atoms with Gasteiger partial charge in [-0.1, -0.05) is 28.4 Å². The Kier molecular flexibility index (Phi) is 2.83. The van der Waals surface area contributed by atoms with E-state index >= 15 is 0 Å². The van der Waals surface area contributed by atoms with Gasteiger partial charge in [-0.2, -0.15) is 4.98 Å². The fourth-order valence-electron chi connectivity index (χ4n) is 1.54. The van der Waals surface area contributed by atoms with E-state index in [1.807, 2.05) is 0 Å². The van der Waals surface area contributed by atoms with Gasteiger partial charge in [0.15, 0.2) is 11.0 Å². The Morgan fingerprint density at radius 1 is 1.44 bits per heavy atom. The zero-order valence-electron chi connectivity index (χ0n) is 9.14. The van der Waals surface area contributed by atoms with Crippen LogP contribution in [0.2, 0.25) is 10.2 Å². The predicted octanol–water partition coefficient (Wildman–Crippen LogP) is 1.86. The van der Waals surface area contributed by atoms with Crippen molar-refractivity contribution in [1.29, 1.82) is 0 Å². The van der Waals surface area contributed by atoms with Crippen LogP contribution in [0.25, 0.3) is 0 Å². The Morgan fingerprint density at radius 3 is 2.94 bits per heavy atom. The van der Waals surface area contributed by atoms with Crippen LogP contribution in [0.5, 0.6) is 0 Å². The maximum absolute atomic E-state index is 11.8. The van der Waals surface area contributed by atoms with Crippen molar-refractivity contribution in [3.63, 3.8) is 0 Å². The highest BCUT2D eigenvalue weighted by Crippen LogP contribution is 2.38. The molecule has 0 saturated heterocycles. The highest BCUT2D eigenvalue weighted by molar-refractivity contribution is 6.40. The van der Waals surface area contributed by atoms with Crippen molar-refractivity contribution in [3.05, 3.63) is 38.6 Å². The SMILES string of the molecule is O=c1c(Cl)c(Cl)ncn1Cc1nc(C2CC2)no1. The maximum Gasteiger partial charge on any atom is 0.274 e. The molecular formula is C10H8Cl2N4O2. The summed E-state index contributed by atoms with van der Waals surface area (Å²) in [5, 5.41) is 3.74. The molecule has 2 heterocycles. The van der Waals surface area contributed by atoms with Gasteiger partial charge in [0.05, 0.1) is 6.33 Å². The topological polar surface area (TPSA) is 73.8 Å². The lowest BCUT2D eigenvalue weighted by atomic mass is 10.4. The van der Waals surface area contributed by atoms with Gasteiger partial charge in [0.25, 0.3) is 5.56 Å². The summed E-state index contributed by atoms with van der Waals surface area (Å²) in [6, 6.07) is 0. The van der Waals surface area contributed by atoms with E-state index in [9.17, 15) is 4.79 Å². The van der Waals surface area contributed by atoms with E-state index in [-0.39, 0.29) is 16.7 Å². The molecule has 18 heavy (non-hydrogen) atoms. The second kappa shape index (κ2) is 4.37. The molecule has 3 rings (SSSR count). The highest BCUT2D eigenvalue weighted by atomic mass is 35.5. The van der Waals surface area contributed by atoms with Gasteiger partial charge in [-0.3, -0.25) is 9.36 Å². The van der Waals surface area contributed by atoms with E-state index in [1.54, 1.807) is 0 Å². The first-order chi connectivity index (χ1) is 8.65. The third-order valence-corrected chi connectivity index (χ3v) is 3.40. The van der Waals surface area contributed by atoms with Gasteiger partial charge in [-0.05, 0) is 12.8 Å². The molecule has 6 nitrogen and oxygen atoms in total. The number of hydrogen-bond acceptors (Lipinski definition) is 5. The number of hydrogen-bond donors (Lipinski definition) is 0. The Hall–Kier alpha value is -1.40. The molecule has 0 atom stereocenters. The molecule has 0 aromatic carbocycles. The summed E-state index contributed by atoms with van der Waals surface area (Å²) in [7, 11) is 0. The van der Waals surface area contributed by atoms with E-state index in [4.69, 9.17) is 27.7 Å². The molecule has 0 amide bonds. The fraction of sp³-hybridized carbons (Fsp3) is 0.400. The second-order valence-corrected chi connectivity index (χ2v) is 4.84. The average molecular weight is 287 g/mol. The van der Waals surface area contributed by atoms with Crippen LogP contribution in [0, 0.1) is 0 Å². The van der Waals surface area contributed by atoms with Crippen molar-refractivity contribution in [2.75, 3.05) is 0 Å². The molecule has 0 bridgehead atoms. The largest absolute Gasteiger partial charge is 0.337 e. The van der Waals surface area contributed by atoms with E-state index in [2.05, 4.69) is 15.1 Å². The van der Waals surface area contributed by atoms with Crippen LogP contribution in [0.4, 0.5) is 0 Å². The van der Waals surface area contributed by atoms with E-state index in [0.717, 1.165) is 12.8 Å². The second-order valence-electron chi connectivity index (χ2n) is 4.10. The van der Waals surface area contributed by atoms with Crippen LogP contribution in [-0.4, -0.2) is 19.7 Å². The lowest BCUT2D eigenvalue weighted by Gasteiger charge is -2.01. The molecule has 0 radical (unpaired) electrons. The van der Waals surface area contributed by atoms with Crippen molar-refractivity contribution in [3.8, 4) is 0 Å². The van der Waals surface area contributed by atoms with Crippen molar-refractivity contribution in [1.82, 2.24) is 19.7 Å². The molecule has 0 unspecified atom stereocenters. The lowest BCUT2D eigenvalue weighted by molar-refractivity contribution is 0.364. The molecule has 1 fully saturated rings. The van der Waals surface area contributed by atoms with Crippen LogP contribution < -0.4 is 5.56 Å². The van der Waals surface area contributed by atoms with Gasteiger partial charge in [0, 0.05) is 5.92 Å². The van der Waals surface area contributed by atoms with Gasteiger partial charge in [-0.15, -0.1) is 0 Å². The van der Waals surface area contributed by atoms with Gasteiger partial charge in [0.2, 0.25) is 5.89 Å². The van der Waals surface area contributed by atoms with E-state index < -0.39 is 5.56 Å². The molecular weight excluding hydrogens is 279 g/mol. The first-order valence-corrected chi connectivity index (χ1v) is 6.13. The normalized spacial score (nSPS) is 15.0. The molecule has 2 aromatic heterocycles. The molecule has 94 valence electrons. The molecule has 0 N–H and O–H groups in total. The molecule has 1 aliphatic carbocycles. The molecule has 1 aliphatic rings. The molecule has 2 aromatic rings. The summed E-state index contributed by atoms with van der Waals surface area (Å²) in [4.78, 5) is 19.8. The quantitative estimate of drug-likeness (QED) is 0.805. The lowest BCUT2D eigenvalue weighted by Crippen LogP contribution is -2.21. The molecule has 0 spiro atoms. The minimum atomic E-state index is -0.428. The van der Waals surface area contributed by atoms with Crippen molar-refractivity contribution in [2.45, 2.75) is 25.3 Å². The standard InChI is InChI=1S/C10H8Cl2N4O2/c11-7-8(12)13-4-16(10(7)17)3-6-14-9(15-18-6)5-1-2-5/h4-5H,1-3H2. The van der Waals surface area contributed by atoms with Gasteiger partial charge in [-0.25, -0.2) is 4.98 Å². The number of rotatable bonds is 3. The number of aromatic nitrogens is 4. The third kappa shape index (κ3) is 2.13. The van der Waals surface area contributed by atoms with Crippen LogP contribution in [0.15, 0.2) is 15.6 Å². The van der Waals surface area contributed by atoms with Crippen LogP contribution in [-0.2, 0) is 6.54 Å². The first-order valence-electron chi connectivity index (χ1n) is 5.38. The molecule has 0 aliphatic heterocycles. The maximum atomic E-state index is 11.8. The smallest absolute Gasteiger partial charge is 0.274 e. The zero-order chi connectivity index (χ0) is 12.7. The Morgan fingerprint density at radius 2 is 2.22 bits per heavy atom. The van der Waals surface area contributed by atoms with Crippen LogP contribution >= 0.6 is 23.2 Å². The third-order valence-electron chi connectivity index (χ3n) is 2.67. The summed E-state index contributed by atoms with van der Waals surface area (Å²) in [5.74, 6) is 1.47. The van der Waals surface area contributed by atoms with Crippen molar-refractivity contribution in [2.24, 2.45) is 0 Å². The van der Waals surface area contributed by atoms with Crippen LogP contribution in [0.3, 0.4) is 0 Å². The Labute approximate surface area is 112 Å². The zero-order valence-corrected chi connectivity index (χ0v) is 10.6. The monoisotopic (exact) mass is 286 g/mol. The van der Waals surface area contributed by atoms with Gasteiger partial charge >= 0.3 is 0 Å². The predicted molar refractivity (Wildman–Crippen MR) is 63.9 cm³/mol. The summed E-state index contributed by atoms with van der Waals surface area (Å²) in [6.07, 6.45) is 3.48. The highest BCUT2D eigenvalue weighted by Gasteiger charge is 2.28. The van der Waals surface area contributed by atoms with E-state index in [0.29, 0.717) is 17.6 Å². The van der Waals surface area contributed by atoms with Crippen LogP contribution in [0.1, 0.15) is 30.5 Å². The molecule has 8 heteroatoms. The Balaban J connectivity index is 1.87. The van der Waals surface area contributed by atoms with Crippen molar-refractivity contribution >= 4 is 23.2 Å². The van der Waals surface area contributed by atoms with Crippen molar-refractivity contribution < 1.29 is 4.52 Å². The van der Waals surface area contributed by atoms with E-state index in [1.165, 1.54) is 10.9 Å². The summed E-state index contributed by atoms with van der Waals surface area (Å²) in [6.45, 7) is 0.141. The summed E-state index contributed by atoms with van der Waals surface area (Å²) < 4.78 is 6.35. The molecule has 1 saturated carbocycles. The average Bonchev–Trinajstić information content (AvgIpc) is 3.11. The number of halogens is 2.